The maximum absolute atomic E-state index is 14.5. The van der Waals surface area contributed by atoms with Crippen molar-refractivity contribution in [2.75, 3.05) is 30.8 Å². The van der Waals surface area contributed by atoms with E-state index in [2.05, 4.69) is 15.8 Å². The molecule has 328 valence electrons. The van der Waals surface area contributed by atoms with Crippen molar-refractivity contribution in [3.63, 3.8) is 0 Å². The van der Waals surface area contributed by atoms with Crippen LogP contribution in [0.4, 0.5) is 9.93 Å². The number of fused-ring (bicyclic) bond motifs is 1. The zero-order valence-corrected chi connectivity index (χ0v) is 36.6. The number of hydrogen-bond acceptors (Lipinski definition) is 12. The molecule has 3 aliphatic heterocycles. The second-order valence-electron chi connectivity index (χ2n) is 15.6. The van der Waals surface area contributed by atoms with Gasteiger partial charge in [-0.1, -0.05) is 157 Å². The molecule has 2 fully saturated rings. The van der Waals surface area contributed by atoms with Crippen molar-refractivity contribution in [2.24, 2.45) is 5.16 Å². The minimum Gasteiger partial charge on any atom is -0.448 e. The Balaban J connectivity index is 0.964. The van der Waals surface area contributed by atoms with Crippen LogP contribution in [0, 0.1) is 0 Å². The highest BCUT2D eigenvalue weighted by atomic mass is 32.2. The van der Waals surface area contributed by atoms with E-state index in [4.69, 9.17) is 14.5 Å². The summed E-state index contributed by atoms with van der Waals surface area (Å²) in [5, 5.41) is 21.4. The summed E-state index contributed by atoms with van der Waals surface area (Å²) in [4.78, 5) is 63.3. The Morgan fingerprint density at radius 2 is 1.31 bits per heavy atom. The van der Waals surface area contributed by atoms with Crippen molar-refractivity contribution in [3.05, 3.63) is 202 Å². The first-order valence-corrected chi connectivity index (χ1v) is 23.1. The lowest BCUT2D eigenvalue weighted by molar-refractivity contribution is -0.154. The van der Waals surface area contributed by atoms with E-state index in [1.807, 2.05) is 152 Å². The number of hydrogen-bond donors (Lipinski definition) is 3. The third-order valence-corrected chi connectivity index (χ3v) is 13.8. The van der Waals surface area contributed by atoms with E-state index in [0.717, 1.165) is 40.7 Å². The van der Waals surface area contributed by atoms with Crippen LogP contribution in [-0.2, 0) is 29.4 Å². The molecule has 2 saturated heterocycles. The molecule has 3 N–H and O–H groups in total. The number of nitrogens with zero attached hydrogens (tertiary/aromatic N) is 4. The average Bonchev–Trinajstić information content (AvgIpc) is 4.08. The van der Waals surface area contributed by atoms with Gasteiger partial charge in [-0.05, 0) is 40.7 Å². The van der Waals surface area contributed by atoms with Crippen molar-refractivity contribution in [2.45, 2.75) is 35.9 Å². The molecule has 13 nitrogen and oxygen atoms in total. The third-order valence-electron chi connectivity index (χ3n) is 11.7. The third kappa shape index (κ3) is 8.72. The Kier molecular flexibility index (Phi) is 12.7. The van der Waals surface area contributed by atoms with Crippen LogP contribution in [0.15, 0.2) is 173 Å². The second-order valence-corrected chi connectivity index (χ2v) is 17.6. The smallest absolute Gasteiger partial charge is 0.410 e. The van der Waals surface area contributed by atoms with Crippen molar-refractivity contribution in [1.29, 1.82) is 0 Å². The molecule has 1 aromatic heterocycles. The summed E-state index contributed by atoms with van der Waals surface area (Å²) in [7, 11) is 0. The molecule has 0 unspecified atom stereocenters. The van der Waals surface area contributed by atoms with Gasteiger partial charge < -0.3 is 30.2 Å². The van der Waals surface area contributed by atoms with Gasteiger partial charge >= 0.3 is 12.1 Å². The number of thioether (sulfide) groups is 1. The van der Waals surface area contributed by atoms with E-state index >= 15 is 0 Å². The van der Waals surface area contributed by atoms with Crippen LogP contribution in [-0.4, -0.2) is 86.4 Å². The molecule has 15 heteroatoms. The Labute approximate surface area is 383 Å². The zero-order valence-electron chi connectivity index (χ0n) is 35.0. The minimum atomic E-state index is -1.10. The Morgan fingerprint density at radius 3 is 1.83 bits per heavy atom. The molecule has 3 aliphatic rings. The minimum absolute atomic E-state index is 0.0414. The number of amides is 3. The molecule has 4 heterocycles. The molecule has 0 spiro atoms. The first-order valence-electron chi connectivity index (χ1n) is 21.2. The lowest BCUT2D eigenvalue weighted by Crippen LogP contribution is -2.71. The second kappa shape index (κ2) is 19.3. The standard InChI is InChI=1S/C50H44N6O7S2/c57-44(40(54-61)39-32-65-48(51-39)53-50(36-22-10-3-11-23-36,37-24-12-4-13-25-37)38-26-14-5-15-27-38)52-41-45(58)56-42(35(31-64-46(41)56)30-62-49(60)55-28-16-17-29-55)47(59)63-43(33-18-6-1-7-19-33)34-20-8-2-9-21-34/h1-15,18-27,32,41,43,46,61H,16-17,28-31H2,(H,51,53)(H,52,57)/b54-40-/t41-,46-/m1/s1. The van der Waals surface area contributed by atoms with Gasteiger partial charge in [-0.15, -0.1) is 23.1 Å². The van der Waals surface area contributed by atoms with E-state index in [9.17, 15) is 24.4 Å². The predicted octanol–water partition coefficient (Wildman–Crippen LogP) is 7.94. The molecule has 5 aromatic carbocycles. The van der Waals surface area contributed by atoms with Crippen LogP contribution in [0.3, 0.4) is 0 Å². The summed E-state index contributed by atoms with van der Waals surface area (Å²) < 4.78 is 12.0. The average molecular weight is 905 g/mol. The maximum Gasteiger partial charge on any atom is 0.410 e. The number of carbonyl (C=O) groups excluding carboxylic acids is 4. The van der Waals surface area contributed by atoms with Gasteiger partial charge in [0.2, 0.25) is 0 Å². The number of nitrogens with one attached hydrogen (secondary N) is 2. The number of ether oxygens (including phenoxy) is 2. The van der Waals surface area contributed by atoms with Gasteiger partial charge in [-0.3, -0.25) is 14.5 Å². The number of oxime groups is 1. The molecular weight excluding hydrogens is 861 g/mol. The molecule has 3 amide bonds. The Bertz CT molecular complexity index is 2580. The van der Waals surface area contributed by atoms with E-state index in [1.165, 1.54) is 28.0 Å². The van der Waals surface area contributed by atoms with Gasteiger partial charge in [0, 0.05) is 29.8 Å². The van der Waals surface area contributed by atoms with Gasteiger partial charge in [0.15, 0.2) is 16.9 Å². The van der Waals surface area contributed by atoms with Crippen LogP contribution < -0.4 is 10.6 Å². The highest BCUT2D eigenvalue weighted by Crippen LogP contribution is 2.43. The number of β-lactam (4-membered cyclic amide) rings is 1. The van der Waals surface area contributed by atoms with E-state index in [0.29, 0.717) is 23.8 Å². The first kappa shape index (κ1) is 43.0. The van der Waals surface area contributed by atoms with E-state index in [1.54, 1.807) is 10.3 Å². The quantitative estimate of drug-likeness (QED) is 0.0244. The number of aromatic nitrogens is 1. The van der Waals surface area contributed by atoms with Crippen molar-refractivity contribution in [3.8, 4) is 0 Å². The lowest BCUT2D eigenvalue weighted by atomic mass is 9.77. The van der Waals surface area contributed by atoms with E-state index < -0.39 is 52.6 Å². The Morgan fingerprint density at radius 1 is 0.785 bits per heavy atom. The summed E-state index contributed by atoms with van der Waals surface area (Å²) in [6.45, 7) is 0.932. The lowest BCUT2D eigenvalue weighted by Gasteiger charge is -2.49. The number of rotatable bonds is 14. The van der Waals surface area contributed by atoms with Gasteiger partial charge in [0.25, 0.3) is 11.8 Å². The van der Waals surface area contributed by atoms with Gasteiger partial charge in [0.05, 0.1) is 0 Å². The topological polar surface area (TPSA) is 163 Å². The highest BCUT2D eigenvalue weighted by Gasteiger charge is 2.55. The van der Waals surface area contributed by atoms with Crippen LogP contribution >= 0.6 is 23.1 Å². The molecule has 6 aromatic rings. The molecular formula is C50H44N6O7S2. The number of likely N-dealkylation sites (tertiary alicyclic amines) is 1. The monoisotopic (exact) mass is 904 g/mol. The molecule has 2 atom stereocenters. The van der Waals surface area contributed by atoms with Gasteiger partial charge in [-0.25, -0.2) is 14.6 Å². The fourth-order valence-corrected chi connectivity index (χ4v) is 10.6. The predicted molar refractivity (Wildman–Crippen MR) is 248 cm³/mol. The van der Waals surface area contributed by atoms with Crippen molar-refractivity contribution < 1.29 is 33.9 Å². The summed E-state index contributed by atoms with van der Waals surface area (Å²) >= 11 is 2.53. The number of benzene rings is 5. The van der Waals surface area contributed by atoms with Crippen LogP contribution in [0.5, 0.6) is 0 Å². The largest absolute Gasteiger partial charge is 0.448 e. The van der Waals surface area contributed by atoms with Crippen LogP contribution in [0.25, 0.3) is 0 Å². The molecule has 0 bridgehead atoms. The Hall–Kier alpha value is -7.23. The summed E-state index contributed by atoms with van der Waals surface area (Å²) in [5.74, 6) is -2.00. The van der Waals surface area contributed by atoms with Gasteiger partial charge in [-0.2, -0.15) is 0 Å². The maximum atomic E-state index is 14.5. The van der Waals surface area contributed by atoms with Gasteiger partial charge in [0.1, 0.15) is 35.0 Å². The fraction of sp³-hybridized carbons (Fsp3) is 0.200. The SMILES string of the molecule is O=C(OC(c1ccccc1)c1ccccc1)C1=C(COC(=O)N2CCCC2)CS[C@@H]2[C@H](NC(=O)/C(=N\O)c3csc(NC(c4ccccc4)(c4ccccc4)c4ccccc4)n3)C(=O)N12. The number of carbonyl (C=O) groups is 4. The van der Waals surface area contributed by atoms with Crippen molar-refractivity contribution in [1.82, 2.24) is 20.1 Å². The summed E-state index contributed by atoms with van der Waals surface area (Å²) in [5.41, 5.74) is 3.42. The highest BCUT2D eigenvalue weighted by molar-refractivity contribution is 8.00. The molecule has 0 saturated carbocycles. The number of anilines is 1. The number of esters is 1. The molecule has 65 heavy (non-hydrogen) atoms. The van der Waals surface area contributed by atoms with Crippen LogP contribution in [0.2, 0.25) is 0 Å². The fourth-order valence-electron chi connectivity index (χ4n) is 8.47. The van der Waals surface area contributed by atoms with Crippen molar-refractivity contribution >= 4 is 57.8 Å². The molecule has 0 aliphatic carbocycles. The number of thiazole rings is 1. The van der Waals surface area contributed by atoms with Crippen LogP contribution in [0.1, 0.15) is 52.5 Å². The molecule has 9 rings (SSSR count). The first-order chi connectivity index (χ1) is 31.9. The summed E-state index contributed by atoms with van der Waals surface area (Å²) in [6.07, 6.45) is 0.445. The normalized spacial score (nSPS) is 17.3. The van der Waals surface area contributed by atoms with E-state index in [-0.39, 0.29) is 23.8 Å². The molecule has 0 radical (unpaired) electrons. The zero-order chi connectivity index (χ0) is 44.8. The summed E-state index contributed by atoms with van der Waals surface area (Å²) in [6, 6.07) is 47.3.